The van der Waals surface area contributed by atoms with Crippen LogP contribution in [0, 0.1) is 17.9 Å². The summed E-state index contributed by atoms with van der Waals surface area (Å²) in [6.07, 6.45) is 0. The van der Waals surface area contributed by atoms with Crippen molar-refractivity contribution in [1.82, 2.24) is 27.4 Å². The highest BCUT2D eigenvalue weighted by Crippen LogP contribution is 2.53. The Morgan fingerprint density at radius 2 is 0.489 bits per heavy atom. The summed E-state index contributed by atoms with van der Waals surface area (Å²) in [6.45, 7) is 10.1. The minimum Gasteiger partial charge on any atom is -0.318 e. The van der Waals surface area contributed by atoms with E-state index in [0.717, 1.165) is 142 Å². The van der Waals surface area contributed by atoms with Crippen LogP contribution in [-0.2, 0) is 0 Å². The number of para-hydroxylation sites is 10. The van der Waals surface area contributed by atoms with Crippen LogP contribution >= 0.6 is 0 Å². The van der Waals surface area contributed by atoms with Gasteiger partial charge in [0.15, 0.2) is 0 Å². The molecule has 406 valence electrons. The van der Waals surface area contributed by atoms with E-state index in [4.69, 9.17) is 4.85 Å². The number of nitrogens with zero attached hydrogens (tertiary/aromatic N) is 8. The number of hydrogen-bond acceptors (Lipinski definition) is 1. The van der Waals surface area contributed by atoms with E-state index < -0.39 is 0 Å². The van der Waals surface area contributed by atoms with Crippen LogP contribution in [0.15, 0.2) is 279 Å². The molecule has 19 rings (SSSR count). The molecule has 6 heterocycles. The second-order valence-corrected chi connectivity index (χ2v) is 22.9. The Kier molecular flexibility index (Phi) is 9.87. The van der Waals surface area contributed by atoms with Gasteiger partial charge in [-0.25, -0.2) is 4.85 Å². The van der Waals surface area contributed by atoms with Crippen LogP contribution in [0.2, 0.25) is 0 Å². The van der Waals surface area contributed by atoms with Crippen molar-refractivity contribution in [2.24, 2.45) is 0 Å². The Labute approximate surface area is 502 Å². The van der Waals surface area contributed by atoms with Crippen molar-refractivity contribution in [3.05, 3.63) is 296 Å². The summed E-state index contributed by atoms with van der Waals surface area (Å²) in [5, 5.41) is 25.8. The summed E-state index contributed by atoms with van der Waals surface area (Å²) >= 11 is 0. The third kappa shape index (κ3) is 6.34. The van der Waals surface area contributed by atoms with E-state index >= 15 is 0 Å². The smallest absolute Gasteiger partial charge is 0.237 e. The molecule has 0 aliphatic heterocycles. The fraction of sp³-hybridized carbons (Fsp3) is 0. The molecule has 0 bridgehead atoms. The number of aromatic nitrogens is 6. The van der Waals surface area contributed by atoms with E-state index in [1.165, 1.54) is 0 Å². The second-order valence-electron chi connectivity index (χ2n) is 22.9. The van der Waals surface area contributed by atoms with Crippen molar-refractivity contribution < 1.29 is 0 Å². The zero-order chi connectivity index (χ0) is 57.9. The Bertz CT molecular complexity index is 5950. The number of nitriles is 1. The van der Waals surface area contributed by atoms with Crippen molar-refractivity contribution in [1.29, 1.82) is 5.26 Å². The lowest BCUT2D eigenvalue weighted by Crippen LogP contribution is -2.14. The average molecular weight is 1120 g/mol. The average Bonchev–Trinajstić information content (AvgIpc) is 1.54. The van der Waals surface area contributed by atoms with Crippen LogP contribution in [-0.4, -0.2) is 27.4 Å². The van der Waals surface area contributed by atoms with Crippen LogP contribution in [0.5, 0.6) is 0 Å². The summed E-state index contributed by atoms with van der Waals surface area (Å²) in [5.74, 6) is 0. The van der Waals surface area contributed by atoms with Crippen molar-refractivity contribution in [3.8, 4) is 40.2 Å². The molecule has 0 unspecified atom stereocenters. The first-order valence-corrected chi connectivity index (χ1v) is 29.7. The first-order chi connectivity index (χ1) is 43.7. The van der Waals surface area contributed by atoms with Gasteiger partial charge in [0.05, 0.1) is 101 Å². The lowest BCUT2D eigenvalue weighted by atomic mass is 10.0. The normalized spacial score (nSPS) is 12.1. The molecular weight excluding hydrogens is 1070 g/mol. The third-order valence-electron chi connectivity index (χ3n) is 18.6. The van der Waals surface area contributed by atoms with Crippen LogP contribution < -0.4 is 0 Å². The molecule has 0 saturated carbocycles. The van der Waals surface area contributed by atoms with Gasteiger partial charge in [-0.3, -0.25) is 0 Å². The van der Waals surface area contributed by atoms with Crippen LogP contribution in [0.3, 0.4) is 0 Å². The fourth-order valence-corrected chi connectivity index (χ4v) is 15.1. The van der Waals surface area contributed by atoms with Crippen LogP contribution in [0.4, 0.5) is 5.69 Å². The number of rotatable bonds is 6. The Morgan fingerprint density at radius 3 is 0.807 bits per heavy atom. The fourth-order valence-electron chi connectivity index (χ4n) is 15.1. The highest BCUT2D eigenvalue weighted by Gasteiger charge is 2.35. The SMILES string of the molecule is [C-]#[N+]c1c(-n2c3ccccc3c3ccccc32)c(C#N)c(-n2c3ccccc3c3cc4c5ccccc5n(-c5ccccc5)c4cc32)c(-n2c3ccccc3c3ccccc32)c1-n1c2ccccc2c2cc3c4ccccc4n(-c4ccccc4)c3cc21. The number of fused-ring (bicyclic) bond motifs is 18. The number of benzene rings is 13. The van der Waals surface area contributed by atoms with Crippen molar-refractivity contribution >= 4 is 137 Å². The van der Waals surface area contributed by atoms with E-state index in [0.29, 0.717) is 34.0 Å². The van der Waals surface area contributed by atoms with Crippen LogP contribution in [0.25, 0.3) is 170 Å². The molecule has 0 atom stereocenters. The molecule has 0 aliphatic rings. The predicted octanol–water partition coefficient (Wildman–Crippen LogP) is 20.7. The first-order valence-electron chi connectivity index (χ1n) is 29.7. The molecule has 19 aromatic rings. The Morgan fingerprint density at radius 1 is 0.239 bits per heavy atom. The van der Waals surface area contributed by atoms with Crippen molar-refractivity contribution in [2.45, 2.75) is 0 Å². The van der Waals surface area contributed by atoms with Crippen molar-refractivity contribution in [3.63, 3.8) is 0 Å². The van der Waals surface area contributed by atoms with Gasteiger partial charge < -0.3 is 27.4 Å². The molecule has 0 spiro atoms. The molecule has 88 heavy (non-hydrogen) atoms. The van der Waals surface area contributed by atoms with Gasteiger partial charge in [-0.2, -0.15) is 5.26 Å². The molecule has 6 aromatic heterocycles. The maximum atomic E-state index is 12.9. The number of hydrogen-bond donors (Lipinski definition) is 0. The molecule has 13 aromatic carbocycles. The van der Waals surface area contributed by atoms with E-state index in [-0.39, 0.29) is 0 Å². The zero-order valence-electron chi connectivity index (χ0n) is 47.1. The highest BCUT2D eigenvalue weighted by atomic mass is 15.1. The molecule has 0 aliphatic carbocycles. The van der Waals surface area contributed by atoms with Gasteiger partial charge in [0.2, 0.25) is 5.69 Å². The zero-order valence-corrected chi connectivity index (χ0v) is 47.1. The molecule has 8 nitrogen and oxygen atoms in total. The third-order valence-corrected chi connectivity index (χ3v) is 18.6. The van der Waals surface area contributed by atoms with Gasteiger partial charge in [0.25, 0.3) is 0 Å². The summed E-state index contributed by atoms with van der Waals surface area (Å²) in [6, 6.07) is 102. The maximum Gasteiger partial charge on any atom is 0.237 e. The molecule has 0 amide bonds. The monoisotopic (exact) mass is 1120 g/mol. The summed E-state index contributed by atoms with van der Waals surface area (Å²) in [4.78, 5) is 4.89. The highest BCUT2D eigenvalue weighted by molar-refractivity contribution is 6.23. The molecule has 0 radical (unpaired) electrons. The minimum absolute atomic E-state index is 0.336. The van der Waals surface area contributed by atoms with Gasteiger partial charge in [0.1, 0.15) is 6.07 Å². The van der Waals surface area contributed by atoms with E-state index in [2.05, 4.69) is 313 Å². The van der Waals surface area contributed by atoms with Gasteiger partial charge in [-0.15, -0.1) is 0 Å². The second kappa shape index (κ2) is 18.1. The Balaban J connectivity index is 1.11. The van der Waals surface area contributed by atoms with E-state index in [1.807, 2.05) is 0 Å². The molecule has 0 fully saturated rings. The van der Waals surface area contributed by atoms with Crippen molar-refractivity contribution in [2.75, 3.05) is 0 Å². The summed E-state index contributed by atoms with van der Waals surface area (Å²) in [7, 11) is 0. The first kappa shape index (κ1) is 48.1. The molecular formula is C80H46N8. The largest absolute Gasteiger partial charge is 0.318 e. The van der Waals surface area contributed by atoms with Gasteiger partial charge in [-0.05, 0) is 97.1 Å². The van der Waals surface area contributed by atoms with Gasteiger partial charge >= 0.3 is 0 Å². The predicted molar refractivity (Wildman–Crippen MR) is 363 cm³/mol. The van der Waals surface area contributed by atoms with E-state index in [9.17, 15) is 11.8 Å². The topological polar surface area (TPSA) is 57.7 Å². The molecule has 0 N–H and O–H groups in total. The summed E-state index contributed by atoms with van der Waals surface area (Å²) in [5.41, 5.74) is 16.9. The van der Waals surface area contributed by atoms with Gasteiger partial charge in [-0.1, -0.05) is 182 Å². The lowest BCUT2D eigenvalue weighted by molar-refractivity contribution is 1.03. The molecule has 8 heteroatoms. The van der Waals surface area contributed by atoms with Crippen LogP contribution in [0.1, 0.15) is 5.56 Å². The lowest BCUT2D eigenvalue weighted by Gasteiger charge is -2.27. The standard InChI is InChI=1S/C80H46N8/c1-82-76-77(85-66-38-18-8-28-51(66)52-29-9-19-39-67(52)85)63(48-81)78(87-70-42-22-14-34-57(70)61-44-59-55-32-12-16-36-64(55)83(72(59)46-74(61)87)49-24-4-2-5-25-49)80(86-68-40-20-10-30-53(68)54-31-11-21-41-69(54)86)79(76)88-71-43-23-15-35-58(71)62-45-60-56-33-13-17-37-65(56)84(73(60)47-75(62)88)50-26-6-3-7-27-50/h2-47H. The summed E-state index contributed by atoms with van der Waals surface area (Å²) < 4.78 is 14.0. The Hall–Kier alpha value is -12.4. The van der Waals surface area contributed by atoms with Gasteiger partial charge in [0, 0.05) is 76.0 Å². The maximum absolute atomic E-state index is 12.9. The minimum atomic E-state index is 0.336. The quantitative estimate of drug-likeness (QED) is 0.153. The molecule has 0 saturated heterocycles. The van der Waals surface area contributed by atoms with E-state index in [1.54, 1.807) is 0 Å².